The Morgan fingerprint density at radius 1 is 1.56 bits per heavy atom. The molecule has 1 aromatic carbocycles. The van der Waals surface area contributed by atoms with Crippen molar-refractivity contribution in [2.24, 2.45) is 0 Å². The maximum absolute atomic E-state index is 11.8. The summed E-state index contributed by atoms with van der Waals surface area (Å²) in [6.07, 6.45) is -2.60. The third-order valence-electron chi connectivity index (χ3n) is 1.86. The number of hydrogen-bond donors (Lipinski definition) is 2. The maximum Gasteiger partial charge on any atom is 0.255 e. The van der Waals surface area contributed by atoms with Gasteiger partial charge in [0.15, 0.2) is 11.5 Å². The van der Waals surface area contributed by atoms with Crippen LogP contribution in [0, 0.1) is 0 Å². The molecule has 0 aliphatic carbocycles. The van der Waals surface area contributed by atoms with E-state index in [0.717, 1.165) is 6.07 Å². The van der Waals surface area contributed by atoms with Gasteiger partial charge in [-0.3, -0.25) is 4.79 Å². The molecule has 6 heteroatoms. The number of aromatic hydroxyl groups is 1. The zero-order valence-electron chi connectivity index (χ0n) is 8.54. The van der Waals surface area contributed by atoms with Crippen LogP contribution in [0.2, 0.25) is 0 Å². The first-order valence-electron chi connectivity index (χ1n) is 4.48. The summed E-state index contributed by atoms with van der Waals surface area (Å²) in [4.78, 5) is 11.3. The molecule has 0 radical (unpaired) electrons. The minimum Gasteiger partial charge on any atom is -0.504 e. The number of phenolic OH excluding ortho intramolecular Hbond substituents is 1. The molecule has 0 bridgehead atoms. The van der Waals surface area contributed by atoms with Crippen molar-refractivity contribution in [2.45, 2.75) is 6.43 Å². The fourth-order valence-corrected chi connectivity index (χ4v) is 1.10. The molecule has 0 unspecified atom stereocenters. The summed E-state index contributed by atoms with van der Waals surface area (Å²) in [6, 6.07) is 3.91. The first kappa shape index (κ1) is 12.2. The average molecular weight is 231 g/mol. The molecule has 0 atom stereocenters. The second-order valence-electron chi connectivity index (χ2n) is 2.99. The molecule has 1 amide bonds. The van der Waals surface area contributed by atoms with Gasteiger partial charge in [0.2, 0.25) is 0 Å². The molecule has 0 saturated heterocycles. The van der Waals surface area contributed by atoms with Crippen LogP contribution in [-0.4, -0.2) is 31.1 Å². The second kappa shape index (κ2) is 5.29. The van der Waals surface area contributed by atoms with E-state index in [9.17, 15) is 18.7 Å². The Kier molecular flexibility index (Phi) is 4.04. The summed E-state index contributed by atoms with van der Waals surface area (Å²) in [6.45, 7) is -0.717. The first-order chi connectivity index (χ1) is 7.54. The van der Waals surface area contributed by atoms with E-state index in [1.165, 1.54) is 19.2 Å². The predicted molar refractivity (Wildman–Crippen MR) is 53.0 cm³/mol. The summed E-state index contributed by atoms with van der Waals surface area (Å²) in [7, 11) is 1.37. The summed E-state index contributed by atoms with van der Waals surface area (Å²) in [5, 5.41) is 11.4. The second-order valence-corrected chi connectivity index (χ2v) is 2.99. The predicted octanol–water partition coefficient (Wildman–Crippen LogP) is 1.40. The van der Waals surface area contributed by atoms with E-state index in [2.05, 4.69) is 0 Å². The summed E-state index contributed by atoms with van der Waals surface area (Å²) < 4.78 is 28.4. The molecule has 0 aliphatic rings. The molecule has 0 aliphatic heterocycles. The van der Waals surface area contributed by atoms with Gasteiger partial charge in [-0.1, -0.05) is 0 Å². The minimum absolute atomic E-state index is 0.0963. The van der Waals surface area contributed by atoms with Crippen molar-refractivity contribution in [2.75, 3.05) is 13.7 Å². The zero-order chi connectivity index (χ0) is 12.1. The van der Waals surface area contributed by atoms with Gasteiger partial charge in [-0.15, -0.1) is 0 Å². The SMILES string of the molecule is COc1ccc(C(=O)NCC(F)F)cc1O. The average Bonchev–Trinajstić information content (AvgIpc) is 2.25. The topological polar surface area (TPSA) is 58.6 Å². The number of benzene rings is 1. The number of hydrogen-bond acceptors (Lipinski definition) is 3. The number of rotatable bonds is 4. The van der Waals surface area contributed by atoms with Crippen molar-refractivity contribution in [1.82, 2.24) is 5.32 Å². The van der Waals surface area contributed by atoms with Gasteiger partial charge in [0, 0.05) is 5.56 Å². The fraction of sp³-hybridized carbons (Fsp3) is 0.300. The molecule has 1 rings (SSSR count). The number of halogens is 2. The number of nitrogens with one attached hydrogen (secondary N) is 1. The van der Waals surface area contributed by atoms with Crippen molar-refractivity contribution >= 4 is 5.91 Å². The molecule has 16 heavy (non-hydrogen) atoms. The van der Waals surface area contributed by atoms with Gasteiger partial charge in [-0.25, -0.2) is 8.78 Å². The van der Waals surface area contributed by atoms with E-state index in [4.69, 9.17) is 4.74 Å². The van der Waals surface area contributed by atoms with Gasteiger partial charge in [0.25, 0.3) is 12.3 Å². The van der Waals surface area contributed by atoms with E-state index in [0.29, 0.717) is 0 Å². The van der Waals surface area contributed by atoms with Crippen molar-refractivity contribution in [3.8, 4) is 11.5 Å². The normalized spacial score (nSPS) is 10.2. The van der Waals surface area contributed by atoms with Crippen molar-refractivity contribution < 1.29 is 23.4 Å². The van der Waals surface area contributed by atoms with Crippen LogP contribution in [0.1, 0.15) is 10.4 Å². The van der Waals surface area contributed by atoms with Crippen LogP contribution in [0.5, 0.6) is 11.5 Å². The highest BCUT2D eigenvalue weighted by atomic mass is 19.3. The van der Waals surface area contributed by atoms with E-state index in [1.54, 1.807) is 0 Å². The highest BCUT2D eigenvalue weighted by Gasteiger charge is 2.11. The zero-order valence-corrected chi connectivity index (χ0v) is 8.54. The Morgan fingerprint density at radius 3 is 2.75 bits per heavy atom. The number of alkyl halides is 2. The Bertz CT molecular complexity index is 382. The largest absolute Gasteiger partial charge is 0.504 e. The van der Waals surface area contributed by atoms with Crippen molar-refractivity contribution in [3.05, 3.63) is 23.8 Å². The smallest absolute Gasteiger partial charge is 0.255 e. The molecule has 1 aromatic rings. The molecule has 2 N–H and O–H groups in total. The highest BCUT2D eigenvalue weighted by Crippen LogP contribution is 2.25. The minimum atomic E-state index is -2.60. The fourth-order valence-electron chi connectivity index (χ4n) is 1.10. The molecular weight excluding hydrogens is 220 g/mol. The van der Waals surface area contributed by atoms with Crippen LogP contribution in [0.4, 0.5) is 8.78 Å². The lowest BCUT2D eigenvalue weighted by atomic mass is 10.2. The number of carbonyl (C=O) groups excluding carboxylic acids is 1. The molecule has 0 spiro atoms. The van der Waals surface area contributed by atoms with Gasteiger partial charge >= 0.3 is 0 Å². The molecule has 4 nitrogen and oxygen atoms in total. The lowest BCUT2D eigenvalue weighted by molar-refractivity contribution is 0.0891. The van der Waals surface area contributed by atoms with Crippen LogP contribution in [0.25, 0.3) is 0 Å². The van der Waals surface area contributed by atoms with Crippen LogP contribution in [0.15, 0.2) is 18.2 Å². The number of carbonyl (C=O) groups is 1. The van der Waals surface area contributed by atoms with Crippen LogP contribution in [0.3, 0.4) is 0 Å². The molecule has 0 aromatic heterocycles. The maximum atomic E-state index is 11.8. The first-order valence-corrected chi connectivity index (χ1v) is 4.48. The number of amides is 1. The Morgan fingerprint density at radius 2 is 2.25 bits per heavy atom. The van der Waals surface area contributed by atoms with Crippen LogP contribution in [-0.2, 0) is 0 Å². The third kappa shape index (κ3) is 3.08. The third-order valence-corrected chi connectivity index (χ3v) is 1.86. The van der Waals surface area contributed by atoms with Gasteiger partial charge in [0.05, 0.1) is 13.7 Å². The monoisotopic (exact) mass is 231 g/mol. The van der Waals surface area contributed by atoms with Crippen molar-refractivity contribution in [3.63, 3.8) is 0 Å². The molecule has 0 fully saturated rings. The Labute approximate surface area is 90.8 Å². The van der Waals surface area contributed by atoms with E-state index in [1.807, 2.05) is 5.32 Å². The van der Waals surface area contributed by atoms with Gasteiger partial charge in [0.1, 0.15) is 0 Å². The van der Waals surface area contributed by atoms with E-state index in [-0.39, 0.29) is 17.1 Å². The van der Waals surface area contributed by atoms with E-state index < -0.39 is 18.9 Å². The van der Waals surface area contributed by atoms with Crippen molar-refractivity contribution in [1.29, 1.82) is 0 Å². The van der Waals surface area contributed by atoms with Crippen LogP contribution >= 0.6 is 0 Å². The molecule has 0 heterocycles. The lowest BCUT2D eigenvalue weighted by Gasteiger charge is -2.07. The van der Waals surface area contributed by atoms with Gasteiger partial charge in [-0.2, -0.15) is 0 Å². The Balaban J connectivity index is 2.73. The molecular formula is C10H11F2NO3. The summed E-state index contributed by atoms with van der Waals surface area (Å²) >= 11 is 0. The lowest BCUT2D eigenvalue weighted by Crippen LogP contribution is -2.28. The van der Waals surface area contributed by atoms with Gasteiger partial charge in [-0.05, 0) is 18.2 Å². The van der Waals surface area contributed by atoms with E-state index >= 15 is 0 Å². The Hall–Kier alpha value is -1.85. The van der Waals surface area contributed by atoms with Crippen LogP contribution < -0.4 is 10.1 Å². The van der Waals surface area contributed by atoms with Gasteiger partial charge < -0.3 is 15.2 Å². The summed E-state index contributed by atoms with van der Waals surface area (Å²) in [5.41, 5.74) is 0.0963. The highest BCUT2D eigenvalue weighted by molar-refractivity contribution is 5.94. The summed E-state index contributed by atoms with van der Waals surface area (Å²) in [5.74, 6) is -0.671. The quantitative estimate of drug-likeness (QED) is 0.823. The molecule has 0 saturated carbocycles. The number of phenols is 1. The standard InChI is InChI=1S/C10H11F2NO3/c1-16-8-3-2-6(4-7(8)14)10(15)13-5-9(11)12/h2-4,9,14H,5H2,1H3,(H,13,15). The number of methoxy groups -OCH3 is 1. The molecule has 88 valence electrons. The number of ether oxygens (including phenoxy) is 1.